The zero-order chi connectivity index (χ0) is 22.3. The molecule has 7 heteroatoms. The van der Waals surface area contributed by atoms with Gasteiger partial charge in [-0.3, -0.25) is 9.69 Å². The van der Waals surface area contributed by atoms with Gasteiger partial charge in [-0.1, -0.05) is 65.8 Å². The number of thioether (sulfide) groups is 1. The molecular formula is C25H22ClN3O2S. The Kier molecular flexibility index (Phi) is 7.24. The van der Waals surface area contributed by atoms with E-state index in [9.17, 15) is 4.79 Å². The van der Waals surface area contributed by atoms with Crippen molar-refractivity contribution in [3.63, 3.8) is 0 Å². The number of nitrogens with zero attached hydrogens (tertiary/aromatic N) is 3. The predicted octanol–water partition coefficient (Wildman–Crippen LogP) is 5.43. The minimum absolute atomic E-state index is 0.0344. The van der Waals surface area contributed by atoms with Gasteiger partial charge in [-0.15, -0.1) is 5.10 Å². The summed E-state index contributed by atoms with van der Waals surface area (Å²) in [5.41, 5.74) is 3.00. The number of carbonyl (C=O) groups excluding carboxylic acids is 1. The third kappa shape index (κ3) is 5.58. The first-order valence-corrected chi connectivity index (χ1v) is 11.4. The summed E-state index contributed by atoms with van der Waals surface area (Å²) in [6, 6.07) is 25.0. The molecule has 0 unspecified atom stereocenters. The molecule has 1 fully saturated rings. The molecule has 1 atom stereocenters. The fourth-order valence-electron chi connectivity index (χ4n) is 3.30. The van der Waals surface area contributed by atoms with Gasteiger partial charge in [0.1, 0.15) is 5.75 Å². The number of carbonyl (C=O) groups is 1. The molecule has 162 valence electrons. The van der Waals surface area contributed by atoms with Gasteiger partial charge in [0.25, 0.3) is 0 Å². The highest BCUT2D eigenvalue weighted by Crippen LogP contribution is 2.31. The van der Waals surface area contributed by atoms with Crippen LogP contribution in [0.3, 0.4) is 0 Å². The highest BCUT2D eigenvalue weighted by Gasteiger charge is 2.38. The number of amides is 1. The van der Waals surface area contributed by atoms with Gasteiger partial charge in [-0.2, -0.15) is 5.10 Å². The molecule has 5 nitrogen and oxygen atoms in total. The first-order chi connectivity index (χ1) is 15.6. The smallest absolute Gasteiger partial charge is 0.242 e. The highest BCUT2D eigenvalue weighted by molar-refractivity contribution is 8.15. The van der Waals surface area contributed by atoms with Crippen molar-refractivity contribution < 1.29 is 9.53 Å². The van der Waals surface area contributed by atoms with Gasteiger partial charge in [-0.25, -0.2) is 0 Å². The summed E-state index contributed by atoms with van der Waals surface area (Å²) in [5.74, 6) is 0.816. The number of hydrogen-bond acceptors (Lipinski definition) is 5. The molecule has 32 heavy (non-hydrogen) atoms. The molecule has 1 aliphatic rings. The Labute approximate surface area is 196 Å². The predicted molar refractivity (Wildman–Crippen MR) is 132 cm³/mol. The van der Waals surface area contributed by atoms with E-state index in [0.29, 0.717) is 23.2 Å². The zero-order valence-electron chi connectivity index (χ0n) is 17.5. The standard InChI is InChI=1S/C25H22ClN3O2S/c1-31-22-13-9-19(10-14-22)16-27-28-25-29(17-20-5-3-2-4-6-20)24(30)23(32-25)15-18-7-11-21(26)12-8-18/h2-14,16,23H,15,17H2,1H3/b27-16-,28-25-/t23-/m1/s1. The monoisotopic (exact) mass is 463 g/mol. The second-order valence-electron chi connectivity index (χ2n) is 7.25. The summed E-state index contributed by atoms with van der Waals surface area (Å²) in [7, 11) is 1.63. The van der Waals surface area contributed by atoms with Gasteiger partial charge in [0.2, 0.25) is 5.91 Å². The SMILES string of the molecule is COc1ccc(/C=N\N=C2/S[C@H](Cc3ccc(Cl)cc3)C(=O)N2Cc2ccccc2)cc1. The van der Waals surface area contributed by atoms with Crippen molar-refractivity contribution in [2.45, 2.75) is 18.2 Å². The summed E-state index contributed by atoms with van der Waals surface area (Å²) < 4.78 is 5.18. The van der Waals surface area contributed by atoms with Crippen LogP contribution in [0.5, 0.6) is 5.75 Å². The zero-order valence-corrected chi connectivity index (χ0v) is 19.1. The Bertz CT molecular complexity index is 1120. The molecule has 4 rings (SSSR count). The average Bonchev–Trinajstić information content (AvgIpc) is 3.11. The van der Waals surface area contributed by atoms with E-state index < -0.39 is 0 Å². The number of hydrogen-bond donors (Lipinski definition) is 0. The van der Waals surface area contributed by atoms with E-state index >= 15 is 0 Å². The van der Waals surface area contributed by atoms with E-state index in [1.165, 1.54) is 11.8 Å². The molecule has 3 aromatic rings. The molecule has 0 N–H and O–H groups in total. The fourth-order valence-corrected chi connectivity index (χ4v) is 4.56. The van der Waals surface area contributed by atoms with Gasteiger partial charge in [0.05, 0.1) is 25.1 Å². The third-order valence-electron chi connectivity index (χ3n) is 5.00. The van der Waals surface area contributed by atoms with Crippen LogP contribution in [-0.2, 0) is 17.8 Å². The van der Waals surface area contributed by atoms with Crippen LogP contribution in [0.1, 0.15) is 16.7 Å². The topological polar surface area (TPSA) is 54.3 Å². The Balaban J connectivity index is 1.54. The maximum atomic E-state index is 13.2. The van der Waals surface area contributed by atoms with Gasteiger partial charge in [0.15, 0.2) is 5.17 Å². The van der Waals surface area contributed by atoms with Gasteiger partial charge in [0, 0.05) is 5.02 Å². The summed E-state index contributed by atoms with van der Waals surface area (Å²) in [6.45, 7) is 0.459. The highest BCUT2D eigenvalue weighted by atomic mass is 35.5. The summed E-state index contributed by atoms with van der Waals surface area (Å²) in [6.07, 6.45) is 2.28. The van der Waals surface area contributed by atoms with Crippen LogP contribution in [-0.4, -0.2) is 34.5 Å². The van der Waals surface area contributed by atoms with Crippen LogP contribution >= 0.6 is 23.4 Å². The van der Waals surface area contributed by atoms with E-state index in [0.717, 1.165) is 22.4 Å². The number of halogens is 1. The third-order valence-corrected chi connectivity index (χ3v) is 6.42. The van der Waals surface area contributed by atoms with Crippen molar-refractivity contribution in [2.75, 3.05) is 7.11 Å². The Morgan fingerprint density at radius 1 is 1.00 bits per heavy atom. The molecule has 0 saturated carbocycles. The minimum atomic E-state index is -0.255. The lowest BCUT2D eigenvalue weighted by Gasteiger charge is -2.16. The number of methoxy groups -OCH3 is 1. The number of ether oxygens (including phenoxy) is 1. The molecule has 0 spiro atoms. The van der Waals surface area contributed by atoms with Crippen molar-refractivity contribution in [3.05, 3.63) is 101 Å². The van der Waals surface area contributed by atoms with Crippen LogP contribution in [0.4, 0.5) is 0 Å². The maximum absolute atomic E-state index is 13.2. The lowest BCUT2D eigenvalue weighted by molar-refractivity contribution is -0.126. The van der Waals surface area contributed by atoms with Crippen molar-refractivity contribution in [3.8, 4) is 5.75 Å². The van der Waals surface area contributed by atoms with E-state index in [1.54, 1.807) is 18.2 Å². The largest absolute Gasteiger partial charge is 0.497 e. The molecule has 1 heterocycles. The van der Waals surface area contributed by atoms with E-state index in [2.05, 4.69) is 10.2 Å². The molecule has 0 radical (unpaired) electrons. The summed E-state index contributed by atoms with van der Waals surface area (Å²) in [4.78, 5) is 14.9. The van der Waals surface area contributed by atoms with Crippen molar-refractivity contribution in [1.82, 2.24) is 4.90 Å². The lowest BCUT2D eigenvalue weighted by Crippen LogP contribution is -2.32. The van der Waals surface area contributed by atoms with Gasteiger partial charge >= 0.3 is 0 Å². The normalized spacial score (nSPS) is 17.4. The first-order valence-electron chi connectivity index (χ1n) is 10.1. The van der Waals surface area contributed by atoms with E-state index in [-0.39, 0.29) is 11.2 Å². The molecule has 3 aromatic carbocycles. The second kappa shape index (κ2) is 10.5. The minimum Gasteiger partial charge on any atom is -0.497 e. The average molecular weight is 464 g/mol. The molecular weight excluding hydrogens is 442 g/mol. The van der Waals surface area contributed by atoms with E-state index in [4.69, 9.17) is 16.3 Å². The molecule has 1 aliphatic heterocycles. The van der Waals surface area contributed by atoms with E-state index in [1.807, 2.05) is 78.9 Å². The quantitative estimate of drug-likeness (QED) is 0.347. The van der Waals surface area contributed by atoms with Crippen LogP contribution in [0.2, 0.25) is 5.02 Å². The Morgan fingerprint density at radius 3 is 2.41 bits per heavy atom. The fraction of sp³-hybridized carbons (Fsp3) is 0.160. The molecule has 1 saturated heterocycles. The van der Waals surface area contributed by atoms with Crippen LogP contribution in [0, 0.1) is 0 Å². The summed E-state index contributed by atoms with van der Waals surface area (Å²) >= 11 is 7.44. The molecule has 0 aliphatic carbocycles. The van der Waals surface area contributed by atoms with Crippen LogP contribution < -0.4 is 4.74 Å². The second-order valence-corrected chi connectivity index (χ2v) is 8.85. The first kappa shape index (κ1) is 22.1. The van der Waals surface area contributed by atoms with Crippen LogP contribution in [0.15, 0.2) is 89.1 Å². The van der Waals surface area contributed by atoms with Gasteiger partial charge < -0.3 is 4.74 Å². The van der Waals surface area contributed by atoms with Crippen molar-refractivity contribution >= 4 is 40.7 Å². The molecule has 1 amide bonds. The molecule has 0 bridgehead atoms. The number of rotatable bonds is 7. The Morgan fingerprint density at radius 2 is 1.72 bits per heavy atom. The number of benzene rings is 3. The van der Waals surface area contributed by atoms with Crippen molar-refractivity contribution in [2.24, 2.45) is 10.2 Å². The summed E-state index contributed by atoms with van der Waals surface area (Å²) in [5, 5.41) is 9.67. The van der Waals surface area contributed by atoms with Gasteiger partial charge in [-0.05, 0) is 59.5 Å². The van der Waals surface area contributed by atoms with Crippen molar-refractivity contribution in [1.29, 1.82) is 0 Å². The Hall–Kier alpha value is -3.09. The molecule has 0 aromatic heterocycles. The van der Waals surface area contributed by atoms with Crippen LogP contribution in [0.25, 0.3) is 0 Å². The maximum Gasteiger partial charge on any atom is 0.242 e. The number of amidine groups is 1. The lowest BCUT2D eigenvalue weighted by atomic mass is 10.1.